The fourth-order valence-electron chi connectivity index (χ4n) is 3.91. The normalized spacial score (nSPS) is 16.2. The molecule has 1 fully saturated rings. The highest BCUT2D eigenvalue weighted by Crippen LogP contribution is 2.23. The standard InChI is InChI=1S/C25H27N5O3/c1-2-14-26-25(32)20-12-6-7-13-21(20)27-24(31)19-11-8-15-30(16-19)17-22-28-23(29-33-22)18-9-4-3-5-10-18/h2-7,9-10,12-13,19H,1,8,11,14-17H2,(H,26,32)(H,27,31). The fourth-order valence-corrected chi connectivity index (χ4v) is 3.91. The van der Waals surface area contributed by atoms with Crippen molar-refractivity contribution >= 4 is 17.5 Å². The topological polar surface area (TPSA) is 100 Å². The van der Waals surface area contributed by atoms with Crippen molar-refractivity contribution in [3.05, 3.63) is 78.7 Å². The fraction of sp³-hybridized carbons (Fsp3) is 0.280. The molecule has 1 unspecified atom stereocenters. The molecule has 1 aliphatic rings. The van der Waals surface area contributed by atoms with Crippen molar-refractivity contribution < 1.29 is 14.1 Å². The Labute approximate surface area is 192 Å². The zero-order valence-corrected chi connectivity index (χ0v) is 18.4. The number of amides is 2. The number of likely N-dealkylation sites (tertiary alicyclic amines) is 1. The smallest absolute Gasteiger partial charge is 0.253 e. The maximum absolute atomic E-state index is 13.0. The van der Waals surface area contributed by atoms with E-state index in [0.717, 1.165) is 24.9 Å². The molecule has 1 aliphatic heterocycles. The van der Waals surface area contributed by atoms with Crippen molar-refractivity contribution in [2.45, 2.75) is 19.4 Å². The first-order chi connectivity index (χ1) is 16.1. The van der Waals surface area contributed by atoms with Gasteiger partial charge < -0.3 is 15.2 Å². The molecule has 0 spiro atoms. The van der Waals surface area contributed by atoms with Crippen LogP contribution >= 0.6 is 0 Å². The van der Waals surface area contributed by atoms with Crippen LogP contribution in [-0.4, -0.2) is 46.5 Å². The van der Waals surface area contributed by atoms with E-state index in [1.54, 1.807) is 30.3 Å². The molecule has 1 saturated heterocycles. The maximum Gasteiger partial charge on any atom is 0.253 e. The van der Waals surface area contributed by atoms with E-state index in [4.69, 9.17) is 4.52 Å². The number of nitrogens with zero attached hydrogens (tertiary/aromatic N) is 3. The third-order valence-electron chi connectivity index (χ3n) is 5.57. The SMILES string of the molecule is C=CCNC(=O)c1ccccc1NC(=O)C1CCCN(Cc2nc(-c3ccccc3)no2)C1. The van der Waals surface area contributed by atoms with Gasteiger partial charge in [-0.05, 0) is 31.5 Å². The van der Waals surface area contributed by atoms with Crippen LogP contribution in [0.3, 0.4) is 0 Å². The molecule has 2 heterocycles. The Morgan fingerprint density at radius 2 is 1.94 bits per heavy atom. The van der Waals surface area contributed by atoms with Gasteiger partial charge in [-0.1, -0.05) is 53.7 Å². The van der Waals surface area contributed by atoms with Crippen LogP contribution in [0.2, 0.25) is 0 Å². The van der Waals surface area contributed by atoms with E-state index in [1.807, 2.05) is 30.3 Å². The van der Waals surface area contributed by atoms with Crippen LogP contribution in [0.1, 0.15) is 29.1 Å². The van der Waals surface area contributed by atoms with Gasteiger partial charge in [0.25, 0.3) is 5.91 Å². The molecule has 4 rings (SSSR count). The summed E-state index contributed by atoms with van der Waals surface area (Å²) in [5, 5.41) is 9.77. The molecular weight excluding hydrogens is 418 g/mol. The van der Waals surface area contributed by atoms with E-state index in [-0.39, 0.29) is 17.7 Å². The molecule has 1 atom stereocenters. The minimum absolute atomic E-state index is 0.0980. The van der Waals surface area contributed by atoms with Crippen molar-refractivity contribution in [1.29, 1.82) is 0 Å². The van der Waals surface area contributed by atoms with E-state index < -0.39 is 0 Å². The van der Waals surface area contributed by atoms with Gasteiger partial charge in [-0.25, -0.2) is 0 Å². The summed E-state index contributed by atoms with van der Waals surface area (Å²) in [6.07, 6.45) is 3.29. The first kappa shape index (κ1) is 22.4. The lowest BCUT2D eigenvalue weighted by molar-refractivity contribution is -0.121. The van der Waals surface area contributed by atoms with Gasteiger partial charge in [-0.3, -0.25) is 14.5 Å². The van der Waals surface area contributed by atoms with Crippen molar-refractivity contribution in [3.8, 4) is 11.4 Å². The Balaban J connectivity index is 1.37. The third-order valence-corrected chi connectivity index (χ3v) is 5.57. The average molecular weight is 446 g/mol. The summed E-state index contributed by atoms with van der Waals surface area (Å²) >= 11 is 0. The number of carbonyl (C=O) groups excluding carboxylic acids is 2. The lowest BCUT2D eigenvalue weighted by Crippen LogP contribution is -2.40. The van der Waals surface area contributed by atoms with Crippen LogP contribution < -0.4 is 10.6 Å². The summed E-state index contributed by atoms with van der Waals surface area (Å²) in [6.45, 7) is 5.90. The Bertz CT molecular complexity index is 1110. The largest absolute Gasteiger partial charge is 0.349 e. The Kier molecular flexibility index (Phi) is 7.26. The van der Waals surface area contributed by atoms with Crippen molar-refractivity contribution in [2.24, 2.45) is 5.92 Å². The number of rotatable bonds is 8. The van der Waals surface area contributed by atoms with Gasteiger partial charge in [0.05, 0.1) is 23.7 Å². The number of anilines is 1. The molecule has 2 N–H and O–H groups in total. The summed E-state index contributed by atoms with van der Waals surface area (Å²) in [5.74, 6) is 0.544. The molecule has 3 aromatic rings. The summed E-state index contributed by atoms with van der Waals surface area (Å²) in [5.41, 5.74) is 1.84. The van der Waals surface area contributed by atoms with Crippen LogP contribution in [0, 0.1) is 5.92 Å². The van der Waals surface area contributed by atoms with Gasteiger partial charge in [0.15, 0.2) is 0 Å². The molecule has 2 aromatic carbocycles. The molecule has 8 nitrogen and oxygen atoms in total. The van der Waals surface area contributed by atoms with Gasteiger partial charge in [-0.15, -0.1) is 6.58 Å². The van der Waals surface area contributed by atoms with E-state index in [9.17, 15) is 9.59 Å². The highest BCUT2D eigenvalue weighted by Gasteiger charge is 2.27. The van der Waals surface area contributed by atoms with E-state index in [0.29, 0.717) is 42.6 Å². The quantitative estimate of drug-likeness (QED) is 0.515. The highest BCUT2D eigenvalue weighted by molar-refractivity contribution is 6.04. The number of nitrogens with one attached hydrogen (secondary N) is 2. The molecule has 2 amide bonds. The first-order valence-electron chi connectivity index (χ1n) is 11.0. The van der Waals surface area contributed by atoms with E-state index in [2.05, 4.69) is 32.3 Å². The third kappa shape index (κ3) is 5.72. The summed E-state index contributed by atoms with van der Waals surface area (Å²) in [7, 11) is 0. The molecule has 1 aromatic heterocycles. The molecule has 0 saturated carbocycles. The summed E-state index contributed by atoms with van der Waals surface area (Å²) in [6, 6.07) is 16.7. The highest BCUT2D eigenvalue weighted by atomic mass is 16.5. The average Bonchev–Trinajstić information content (AvgIpc) is 3.32. The van der Waals surface area contributed by atoms with E-state index >= 15 is 0 Å². The molecule has 33 heavy (non-hydrogen) atoms. The molecular formula is C25H27N5O3. The van der Waals surface area contributed by atoms with Gasteiger partial charge >= 0.3 is 0 Å². The number of aromatic nitrogens is 2. The zero-order valence-electron chi connectivity index (χ0n) is 18.4. The lowest BCUT2D eigenvalue weighted by Gasteiger charge is -2.31. The van der Waals surface area contributed by atoms with Crippen LogP contribution in [0.25, 0.3) is 11.4 Å². The molecule has 0 radical (unpaired) electrons. The van der Waals surface area contributed by atoms with Gasteiger partial charge in [0, 0.05) is 18.7 Å². The monoisotopic (exact) mass is 445 g/mol. The summed E-state index contributed by atoms with van der Waals surface area (Å²) < 4.78 is 5.43. The zero-order chi connectivity index (χ0) is 23.0. The Hall–Kier alpha value is -3.78. The minimum atomic E-state index is -0.248. The number of carbonyl (C=O) groups is 2. The number of piperidine rings is 1. The minimum Gasteiger partial charge on any atom is -0.349 e. The number of para-hydroxylation sites is 1. The number of hydrogen-bond acceptors (Lipinski definition) is 6. The van der Waals surface area contributed by atoms with Crippen molar-refractivity contribution in [2.75, 3.05) is 25.0 Å². The predicted molar refractivity (Wildman–Crippen MR) is 125 cm³/mol. The van der Waals surface area contributed by atoms with Crippen LogP contribution in [0.15, 0.2) is 71.8 Å². The van der Waals surface area contributed by atoms with Gasteiger partial charge in [-0.2, -0.15) is 4.98 Å². The van der Waals surface area contributed by atoms with Crippen LogP contribution in [-0.2, 0) is 11.3 Å². The Morgan fingerprint density at radius 1 is 1.15 bits per heavy atom. The Morgan fingerprint density at radius 3 is 2.76 bits per heavy atom. The van der Waals surface area contributed by atoms with Gasteiger partial charge in [0.2, 0.25) is 17.6 Å². The van der Waals surface area contributed by atoms with Crippen LogP contribution in [0.4, 0.5) is 5.69 Å². The first-order valence-corrected chi connectivity index (χ1v) is 11.0. The molecule has 0 aliphatic carbocycles. The second-order valence-electron chi connectivity index (χ2n) is 7.99. The molecule has 8 heteroatoms. The maximum atomic E-state index is 13.0. The van der Waals surface area contributed by atoms with Crippen LogP contribution in [0.5, 0.6) is 0 Å². The van der Waals surface area contributed by atoms with Crippen molar-refractivity contribution in [1.82, 2.24) is 20.4 Å². The lowest BCUT2D eigenvalue weighted by atomic mass is 9.96. The molecule has 0 bridgehead atoms. The van der Waals surface area contributed by atoms with Gasteiger partial charge in [0.1, 0.15) is 0 Å². The number of hydrogen-bond donors (Lipinski definition) is 2. The number of benzene rings is 2. The van der Waals surface area contributed by atoms with E-state index in [1.165, 1.54) is 0 Å². The predicted octanol–water partition coefficient (Wildman–Crippen LogP) is 3.50. The molecule has 170 valence electrons. The summed E-state index contributed by atoms with van der Waals surface area (Å²) in [4.78, 5) is 32.1. The second-order valence-corrected chi connectivity index (χ2v) is 7.99. The van der Waals surface area contributed by atoms with Crippen molar-refractivity contribution in [3.63, 3.8) is 0 Å². The second kappa shape index (κ2) is 10.7.